The van der Waals surface area contributed by atoms with Crippen LogP contribution in [0.2, 0.25) is 0 Å². The summed E-state index contributed by atoms with van der Waals surface area (Å²) in [6, 6.07) is 0.205. The minimum Gasteiger partial charge on any atom is -0.392 e. The third-order valence-electron chi connectivity index (χ3n) is 2.84. The van der Waals surface area contributed by atoms with E-state index >= 15 is 0 Å². The average Bonchev–Trinajstić information content (AvgIpc) is 2.46. The van der Waals surface area contributed by atoms with Gasteiger partial charge < -0.3 is 15.5 Å². The third-order valence-corrected chi connectivity index (χ3v) is 2.84. The van der Waals surface area contributed by atoms with Crippen molar-refractivity contribution in [2.45, 2.75) is 57.8 Å². The van der Waals surface area contributed by atoms with Crippen molar-refractivity contribution in [2.75, 3.05) is 6.54 Å². The molecule has 0 aromatic carbocycles. The molecule has 0 aliphatic heterocycles. The van der Waals surface area contributed by atoms with Gasteiger partial charge in [-0.05, 0) is 31.6 Å². The summed E-state index contributed by atoms with van der Waals surface area (Å²) in [5.41, 5.74) is 0. The smallest absolute Gasteiger partial charge is 0.0693 e. The highest BCUT2D eigenvalue weighted by Crippen LogP contribution is 2.18. The van der Waals surface area contributed by atoms with Crippen LogP contribution in [0.5, 0.6) is 0 Å². The SMILES string of the molecule is CC(C)CC(O)CN[C@H]1CCC[C@@H]1O. The molecule has 0 bridgehead atoms. The molecular formula is C11H23NO2. The van der Waals surface area contributed by atoms with Gasteiger partial charge in [-0.1, -0.05) is 13.8 Å². The number of rotatable bonds is 5. The summed E-state index contributed by atoms with van der Waals surface area (Å²) in [6.45, 7) is 4.82. The Morgan fingerprint density at radius 1 is 1.36 bits per heavy atom. The van der Waals surface area contributed by atoms with Crippen LogP contribution in [0, 0.1) is 5.92 Å². The van der Waals surface area contributed by atoms with Crippen LogP contribution in [-0.2, 0) is 0 Å². The Kier molecular flexibility index (Phi) is 4.85. The van der Waals surface area contributed by atoms with Gasteiger partial charge in [0.15, 0.2) is 0 Å². The quantitative estimate of drug-likeness (QED) is 0.619. The molecule has 3 heteroatoms. The van der Waals surface area contributed by atoms with Gasteiger partial charge in [0.1, 0.15) is 0 Å². The molecule has 0 aromatic heterocycles. The van der Waals surface area contributed by atoms with Crippen molar-refractivity contribution in [3.63, 3.8) is 0 Å². The normalized spacial score (nSPS) is 29.8. The fourth-order valence-corrected chi connectivity index (χ4v) is 2.09. The zero-order chi connectivity index (χ0) is 10.6. The molecule has 1 aliphatic rings. The van der Waals surface area contributed by atoms with Crippen LogP contribution in [0.3, 0.4) is 0 Å². The van der Waals surface area contributed by atoms with Gasteiger partial charge >= 0.3 is 0 Å². The Hall–Kier alpha value is -0.120. The lowest BCUT2D eigenvalue weighted by atomic mass is 10.1. The molecule has 0 aromatic rings. The molecule has 0 radical (unpaired) electrons. The van der Waals surface area contributed by atoms with Gasteiger partial charge in [0.2, 0.25) is 0 Å². The molecule has 1 fully saturated rings. The molecule has 3 N–H and O–H groups in total. The standard InChI is InChI=1S/C11H23NO2/c1-8(2)6-9(13)7-12-10-4-3-5-11(10)14/h8-14H,3-7H2,1-2H3/t9?,10-,11-/m0/s1. The lowest BCUT2D eigenvalue weighted by molar-refractivity contribution is 0.116. The maximum absolute atomic E-state index is 9.62. The summed E-state index contributed by atoms with van der Waals surface area (Å²) in [5.74, 6) is 0.528. The van der Waals surface area contributed by atoms with Crippen LogP contribution in [0.1, 0.15) is 39.5 Å². The molecule has 0 amide bonds. The molecule has 1 aliphatic carbocycles. The first-order chi connectivity index (χ1) is 6.59. The predicted molar refractivity (Wildman–Crippen MR) is 57.1 cm³/mol. The van der Waals surface area contributed by atoms with E-state index in [1.165, 1.54) is 0 Å². The summed E-state index contributed by atoms with van der Waals surface area (Å²) in [4.78, 5) is 0. The maximum atomic E-state index is 9.62. The van der Waals surface area contributed by atoms with Gasteiger partial charge in [0.25, 0.3) is 0 Å². The maximum Gasteiger partial charge on any atom is 0.0693 e. The molecule has 0 spiro atoms. The zero-order valence-corrected chi connectivity index (χ0v) is 9.24. The zero-order valence-electron chi connectivity index (χ0n) is 9.24. The Morgan fingerprint density at radius 2 is 2.07 bits per heavy atom. The highest BCUT2D eigenvalue weighted by atomic mass is 16.3. The van der Waals surface area contributed by atoms with Crippen molar-refractivity contribution >= 4 is 0 Å². The van der Waals surface area contributed by atoms with E-state index in [0.29, 0.717) is 12.5 Å². The Bertz CT molecular complexity index is 161. The van der Waals surface area contributed by atoms with Crippen LogP contribution >= 0.6 is 0 Å². The Labute approximate surface area is 86.5 Å². The van der Waals surface area contributed by atoms with Crippen LogP contribution in [-0.4, -0.2) is 35.0 Å². The third kappa shape index (κ3) is 3.95. The summed E-state index contributed by atoms with van der Waals surface area (Å²) < 4.78 is 0. The van der Waals surface area contributed by atoms with Crippen LogP contribution in [0.15, 0.2) is 0 Å². The van der Waals surface area contributed by atoms with E-state index in [1.54, 1.807) is 0 Å². The van der Waals surface area contributed by atoms with Crippen molar-refractivity contribution in [2.24, 2.45) is 5.92 Å². The fourth-order valence-electron chi connectivity index (χ4n) is 2.09. The predicted octanol–water partition coefficient (Wildman–Crippen LogP) is 0.896. The highest BCUT2D eigenvalue weighted by Gasteiger charge is 2.24. The number of hydrogen-bond acceptors (Lipinski definition) is 3. The van der Waals surface area contributed by atoms with E-state index in [2.05, 4.69) is 19.2 Å². The molecule has 3 nitrogen and oxygen atoms in total. The van der Waals surface area contributed by atoms with Crippen molar-refractivity contribution < 1.29 is 10.2 Å². The van der Waals surface area contributed by atoms with Crippen LogP contribution in [0.4, 0.5) is 0 Å². The first-order valence-corrected chi connectivity index (χ1v) is 5.69. The molecule has 3 atom stereocenters. The van der Waals surface area contributed by atoms with E-state index in [-0.39, 0.29) is 18.2 Å². The molecule has 1 saturated carbocycles. The molecular weight excluding hydrogens is 178 g/mol. The van der Waals surface area contributed by atoms with Gasteiger partial charge in [0.05, 0.1) is 12.2 Å². The van der Waals surface area contributed by atoms with E-state index in [9.17, 15) is 10.2 Å². The Balaban J connectivity index is 2.13. The molecule has 1 rings (SSSR count). The van der Waals surface area contributed by atoms with Gasteiger partial charge in [-0.15, -0.1) is 0 Å². The second kappa shape index (κ2) is 5.69. The molecule has 84 valence electrons. The van der Waals surface area contributed by atoms with E-state index in [0.717, 1.165) is 25.7 Å². The highest BCUT2D eigenvalue weighted by molar-refractivity contribution is 4.83. The number of nitrogens with one attached hydrogen (secondary N) is 1. The van der Waals surface area contributed by atoms with E-state index in [4.69, 9.17) is 0 Å². The van der Waals surface area contributed by atoms with Crippen LogP contribution < -0.4 is 5.32 Å². The summed E-state index contributed by atoms with van der Waals surface area (Å²) in [6.07, 6.45) is 3.38. The lowest BCUT2D eigenvalue weighted by Crippen LogP contribution is -2.40. The number of aliphatic hydroxyl groups is 2. The summed E-state index contributed by atoms with van der Waals surface area (Å²) >= 11 is 0. The number of aliphatic hydroxyl groups excluding tert-OH is 2. The summed E-state index contributed by atoms with van der Waals surface area (Å²) in [5, 5.41) is 22.4. The second-order valence-electron chi connectivity index (χ2n) is 4.80. The molecule has 0 heterocycles. The largest absolute Gasteiger partial charge is 0.392 e. The van der Waals surface area contributed by atoms with Gasteiger partial charge in [-0.25, -0.2) is 0 Å². The minimum atomic E-state index is -0.275. The monoisotopic (exact) mass is 201 g/mol. The molecule has 0 saturated heterocycles. The van der Waals surface area contributed by atoms with Crippen molar-refractivity contribution in [1.29, 1.82) is 0 Å². The first kappa shape index (κ1) is 12.0. The minimum absolute atomic E-state index is 0.205. The topological polar surface area (TPSA) is 52.5 Å². The van der Waals surface area contributed by atoms with Crippen molar-refractivity contribution in [1.82, 2.24) is 5.32 Å². The fraction of sp³-hybridized carbons (Fsp3) is 1.00. The van der Waals surface area contributed by atoms with E-state index in [1.807, 2.05) is 0 Å². The van der Waals surface area contributed by atoms with Gasteiger partial charge in [0, 0.05) is 12.6 Å². The van der Waals surface area contributed by atoms with E-state index < -0.39 is 0 Å². The summed E-state index contributed by atoms with van der Waals surface area (Å²) in [7, 11) is 0. The second-order valence-corrected chi connectivity index (χ2v) is 4.80. The molecule has 1 unspecified atom stereocenters. The lowest BCUT2D eigenvalue weighted by Gasteiger charge is -2.20. The first-order valence-electron chi connectivity index (χ1n) is 5.69. The van der Waals surface area contributed by atoms with Crippen LogP contribution in [0.25, 0.3) is 0 Å². The Morgan fingerprint density at radius 3 is 2.57 bits per heavy atom. The molecule has 14 heavy (non-hydrogen) atoms. The van der Waals surface area contributed by atoms with Crippen molar-refractivity contribution in [3.05, 3.63) is 0 Å². The number of hydrogen-bond donors (Lipinski definition) is 3. The van der Waals surface area contributed by atoms with Gasteiger partial charge in [-0.3, -0.25) is 0 Å². The average molecular weight is 201 g/mol. The van der Waals surface area contributed by atoms with Gasteiger partial charge in [-0.2, -0.15) is 0 Å². The van der Waals surface area contributed by atoms with Crippen molar-refractivity contribution in [3.8, 4) is 0 Å².